The van der Waals surface area contributed by atoms with Crippen LogP contribution < -0.4 is 0 Å². The topological polar surface area (TPSA) is 72.5 Å². The number of hydrogen-bond acceptors (Lipinski definition) is 7. The second-order valence-electron chi connectivity index (χ2n) is 6.84. The average molecular weight is 328 g/mol. The molecule has 3 heterocycles. The molecule has 7 heteroatoms. The lowest BCUT2D eigenvalue weighted by Crippen LogP contribution is -2.45. The van der Waals surface area contributed by atoms with Gasteiger partial charge < -0.3 is 28.4 Å². The molecule has 0 aliphatic carbocycles. The Bertz CT molecular complexity index is 499. The SMILES string of the molecule is C/C=C\C(=O)O[C@@H]1[C@H]2OC(C)(C)O[C@H]2O[C@@H]1[C@H]1COC(C)(C)O1. The minimum atomic E-state index is -0.780. The molecule has 23 heavy (non-hydrogen) atoms. The molecule has 130 valence electrons. The Kier molecular flexibility index (Phi) is 4.27. The summed E-state index contributed by atoms with van der Waals surface area (Å²) >= 11 is 0. The van der Waals surface area contributed by atoms with Gasteiger partial charge in [-0.05, 0) is 34.6 Å². The summed E-state index contributed by atoms with van der Waals surface area (Å²) < 4.78 is 34.5. The van der Waals surface area contributed by atoms with E-state index in [0.29, 0.717) is 6.61 Å². The van der Waals surface area contributed by atoms with E-state index in [4.69, 9.17) is 28.4 Å². The Balaban J connectivity index is 1.77. The van der Waals surface area contributed by atoms with Crippen LogP contribution in [0.4, 0.5) is 0 Å². The van der Waals surface area contributed by atoms with Crippen molar-refractivity contribution in [3.8, 4) is 0 Å². The highest BCUT2D eigenvalue weighted by Gasteiger charge is 2.59. The zero-order valence-corrected chi connectivity index (χ0v) is 14.1. The van der Waals surface area contributed by atoms with E-state index in [-0.39, 0.29) is 6.10 Å². The monoisotopic (exact) mass is 328 g/mol. The molecule has 3 aliphatic rings. The second kappa shape index (κ2) is 5.82. The van der Waals surface area contributed by atoms with E-state index in [1.807, 2.05) is 13.8 Å². The van der Waals surface area contributed by atoms with Gasteiger partial charge in [0.1, 0.15) is 12.2 Å². The molecule has 3 rings (SSSR count). The molecule has 0 aromatic carbocycles. The summed E-state index contributed by atoms with van der Waals surface area (Å²) in [5, 5.41) is 0. The Labute approximate surface area is 135 Å². The van der Waals surface area contributed by atoms with Gasteiger partial charge in [0, 0.05) is 6.08 Å². The number of carbonyl (C=O) groups is 1. The van der Waals surface area contributed by atoms with Crippen LogP contribution in [0, 0.1) is 0 Å². The van der Waals surface area contributed by atoms with Crippen LogP contribution in [0.2, 0.25) is 0 Å². The molecular weight excluding hydrogens is 304 g/mol. The first kappa shape index (κ1) is 16.9. The standard InChI is InChI=1S/C16H24O7/c1-6-7-10(17)19-12-11(9-8-18-15(2,3)21-9)20-14-13(12)22-16(4,5)23-14/h6-7,9,11-14H,8H2,1-5H3/b7-6-/t9-,11-,12+,13-,14-/m1/s1. The highest BCUT2D eigenvalue weighted by atomic mass is 16.8. The Hall–Kier alpha value is -0.990. The van der Waals surface area contributed by atoms with Crippen LogP contribution in [-0.2, 0) is 33.2 Å². The number of fused-ring (bicyclic) bond motifs is 1. The average Bonchev–Trinajstić information content (AvgIpc) is 3.01. The fourth-order valence-corrected chi connectivity index (χ4v) is 3.12. The molecule has 0 bridgehead atoms. The maximum Gasteiger partial charge on any atom is 0.330 e. The van der Waals surface area contributed by atoms with Gasteiger partial charge >= 0.3 is 5.97 Å². The van der Waals surface area contributed by atoms with Crippen LogP contribution >= 0.6 is 0 Å². The zero-order chi connectivity index (χ0) is 16.8. The molecule has 0 amide bonds. The lowest BCUT2D eigenvalue weighted by atomic mass is 10.1. The van der Waals surface area contributed by atoms with E-state index < -0.39 is 42.1 Å². The van der Waals surface area contributed by atoms with Crippen LogP contribution in [0.5, 0.6) is 0 Å². The minimum absolute atomic E-state index is 0.352. The van der Waals surface area contributed by atoms with Crippen LogP contribution in [0.25, 0.3) is 0 Å². The first-order valence-electron chi connectivity index (χ1n) is 7.87. The molecule has 3 saturated heterocycles. The molecule has 0 unspecified atom stereocenters. The molecular formula is C16H24O7. The van der Waals surface area contributed by atoms with Crippen molar-refractivity contribution in [3.05, 3.63) is 12.2 Å². The van der Waals surface area contributed by atoms with Gasteiger partial charge in [0.05, 0.1) is 6.61 Å². The fourth-order valence-electron chi connectivity index (χ4n) is 3.12. The third-order valence-corrected chi connectivity index (χ3v) is 3.98. The summed E-state index contributed by atoms with van der Waals surface area (Å²) in [6, 6.07) is 0. The smallest absolute Gasteiger partial charge is 0.330 e. The highest BCUT2D eigenvalue weighted by molar-refractivity contribution is 5.82. The molecule has 7 nitrogen and oxygen atoms in total. The number of carbonyl (C=O) groups excluding carboxylic acids is 1. The largest absolute Gasteiger partial charge is 0.453 e. The lowest BCUT2D eigenvalue weighted by molar-refractivity contribution is -0.234. The van der Waals surface area contributed by atoms with E-state index in [1.165, 1.54) is 6.08 Å². The first-order chi connectivity index (χ1) is 10.7. The van der Waals surface area contributed by atoms with Gasteiger partial charge in [0.15, 0.2) is 30.1 Å². The Morgan fingerprint density at radius 1 is 1.09 bits per heavy atom. The summed E-state index contributed by atoms with van der Waals surface area (Å²) in [5.74, 6) is -1.92. The molecule has 0 spiro atoms. The molecule has 0 N–H and O–H groups in total. The van der Waals surface area contributed by atoms with Gasteiger partial charge in [0.2, 0.25) is 0 Å². The molecule has 0 saturated carbocycles. The van der Waals surface area contributed by atoms with Crippen molar-refractivity contribution in [1.29, 1.82) is 0 Å². The molecule has 5 atom stereocenters. The number of allylic oxidation sites excluding steroid dienone is 1. The van der Waals surface area contributed by atoms with Crippen molar-refractivity contribution < 1.29 is 33.2 Å². The summed E-state index contributed by atoms with van der Waals surface area (Å²) in [6.45, 7) is 9.37. The molecule has 0 aromatic heterocycles. The van der Waals surface area contributed by atoms with Crippen LogP contribution in [0.3, 0.4) is 0 Å². The van der Waals surface area contributed by atoms with E-state index in [2.05, 4.69) is 0 Å². The molecule has 3 fully saturated rings. The number of esters is 1. The maximum absolute atomic E-state index is 11.9. The van der Waals surface area contributed by atoms with Crippen LogP contribution in [0.15, 0.2) is 12.2 Å². The van der Waals surface area contributed by atoms with Crippen molar-refractivity contribution in [1.82, 2.24) is 0 Å². The maximum atomic E-state index is 11.9. The van der Waals surface area contributed by atoms with E-state index >= 15 is 0 Å². The van der Waals surface area contributed by atoms with Gasteiger partial charge in [-0.2, -0.15) is 0 Å². The second-order valence-corrected chi connectivity index (χ2v) is 6.84. The molecule has 0 aromatic rings. The zero-order valence-electron chi connectivity index (χ0n) is 14.1. The van der Waals surface area contributed by atoms with Gasteiger partial charge in [-0.3, -0.25) is 0 Å². The van der Waals surface area contributed by atoms with Crippen LogP contribution in [0.1, 0.15) is 34.6 Å². The number of rotatable bonds is 3. The third-order valence-electron chi connectivity index (χ3n) is 3.98. The number of ether oxygens (including phenoxy) is 6. The molecule has 0 radical (unpaired) electrons. The molecule has 3 aliphatic heterocycles. The van der Waals surface area contributed by atoms with Gasteiger partial charge in [0.25, 0.3) is 0 Å². The predicted molar refractivity (Wildman–Crippen MR) is 78.3 cm³/mol. The summed E-state index contributed by atoms with van der Waals surface area (Å²) in [6.07, 6.45) is 0.432. The summed E-state index contributed by atoms with van der Waals surface area (Å²) in [7, 11) is 0. The highest BCUT2D eigenvalue weighted by Crippen LogP contribution is 2.41. The normalized spacial score (nSPS) is 41.3. The van der Waals surface area contributed by atoms with Crippen molar-refractivity contribution in [3.63, 3.8) is 0 Å². The van der Waals surface area contributed by atoms with Gasteiger partial charge in [-0.25, -0.2) is 4.79 Å². The van der Waals surface area contributed by atoms with Crippen molar-refractivity contribution in [2.75, 3.05) is 6.61 Å². The van der Waals surface area contributed by atoms with Crippen LogP contribution in [-0.4, -0.2) is 54.9 Å². The third kappa shape index (κ3) is 3.44. The van der Waals surface area contributed by atoms with Gasteiger partial charge in [-0.1, -0.05) is 6.08 Å². The van der Waals surface area contributed by atoms with Crippen molar-refractivity contribution in [2.24, 2.45) is 0 Å². The van der Waals surface area contributed by atoms with E-state index in [1.54, 1.807) is 26.8 Å². The summed E-state index contributed by atoms with van der Waals surface area (Å²) in [5.41, 5.74) is 0. The lowest BCUT2D eigenvalue weighted by Gasteiger charge is -2.28. The van der Waals surface area contributed by atoms with Gasteiger partial charge in [-0.15, -0.1) is 0 Å². The van der Waals surface area contributed by atoms with Crippen molar-refractivity contribution >= 4 is 5.97 Å². The number of hydrogen-bond donors (Lipinski definition) is 0. The fraction of sp³-hybridized carbons (Fsp3) is 0.812. The van der Waals surface area contributed by atoms with Crippen molar-refractivity contribution in [2.45, 2.75) is 76.9 Å². The summed E-state index contributed by atoms with van der Waals surface area (Å²) in [4.78, 5) is 11.9. The Morgan fingerprint density at radius 2 is 1.83 bits per heavy atom. The quantitative estimate of drug-likeness (QED) is 0.574. The predicted octanol–water partition coefficient (Wildman–Crippen LogP) is 1.50. The van der Waals surface area contributed by atoms with E-state index in [0.717, 1.165) is 0 Å². The Morgan fingerprint density at radius 3 is 2.43 bits per heavy atom. The first-order valence-corrected chi connectivity index (χ1v) is 7.87. The minimum Gasteiger partial charge on any atom is -0.453 e. The van der Waals surface area contributed by atoms with E-state index in [9.17, 15) is 4.79 Å².